The summed E-state index contributed by atoms with van der Waals surface area (Å²) >= 11 is 0. The predicted octanol–water partition coefficient (Wildman–Crippen LogP) is 5.35. The third-order valence-corrected chi connectivity index (χ3v) is 6.62. The molecule has 2 atom stereocenters. The Morgan fingerprint density at radius 3 is 2.22 bits per heavy atom. The minimum absolute atomic E-state index is 0.339. The van der Waals surface area contributed by atoms with Crippen LogP contribution in [0, 0.1) is 23.6 Å². The van der Waals surface area contributed by atoms with Gasteiger partial charge in [-0.2, -0.15) is 0 Å². The molecule has 0 bridgehead atoms. The number of halogens is 1. The second kappa shape index (κ2) is 9.13. The Hall–Kier alpha value is -3.18. The van der Waals surface area contributed by atoms with Crippen LogP contribution in [0.4, 0.5) is 14.9 Å². The number of hydrogen-bond donors (Lipinski definition) is 0. The zero-order valence-corrected chi connectivity index (χ0v) is 17.9. The highest BCUT2D eigenvalue weighted by Gasteiger charge is 2.55. The van der Waals surface area contributed by atoms with E-state index in [0.29, 0.717) is 36.6 Å². The number of rotatable bonds is 7. The third-order valence-electron chi connectivity index (χ3n) is 6.62. The summed E-state index contributed by atoms with van der Waals surface area (Å²) in [4.78, 5) is 17.0. The first-order valence-corrected chi connectivity index (χ1v) is 11.2. The minimum Gasteiger partial charge on any atom is -0.449 e. The van der Waals surface area contributed by atoms with Crippen molar-refractivity contribution in [3.8, 4) is 0 Å². The molecule has 0 radical (unpaired) electrons. The molecule has 5 heteroatoms. The molecule has 5 rings (SSSR count). The summed E-state index contributed by atoms with van der Waals surface area (Å²) < 4.78 is 19.5. The molecule has 2 unspecified atom stereocenters. The summed E-state index contributed by atoms with van der Waals surface area (Å²) in [5.41, 5.74) is 2.81. The van der Waals surface area contributed by atoms with Crippen LogP contribution in [-0.4, -0.2) is 30.7 Å². The maximum absolute atomic E-state index is 13.8. The number of anilines is 1. The lowest BCUT2D eigenvalue weighted by Gasteiger charge is -2.23. The fourth-order valence-corrected chi connectivity index (χ4v) is 4.87. The molecule has 2 fully saturated rings. The molecule has 2 aliphatic rings. The van der Waals surface area contributed by atoms with Crippen LogP contribution in [-0.2, 0) is 17.8 Å². The lowest BCUT2D eigenvalue weighted by Crippen LogP contribution is -2.32. The lowest BCUT2D eigenvalue weighted by molar-refractivity contribution is 0.138. The molecule has 1 aliphatic carbocycles. The highest BCUT2D eigenvalue weighted by Crippen LogP contribution is 2.52. The standard InChI is InChI=1S/C27H27FN2O2/c28-22-12-7-13-23(14-22)30(16-21-10-5-2-6-11-21)27(31)32-19-26-24-17-29(18-25(24)26)15-20-8-3-1-4-9-20/h1-14,24-26H,15-19H2. The van der Waals surface area contributed by atoms with Gasteiger partial charge in [-0.1, -0.05) is 66.7 Å². The molecule has 3 aromatic carbocycles. The van der Waals surface area contributed by atoms with Crippen molar-refractivity contribution in [3.05, 3.63) is 102 Å². The van der Waals surface area contributed by atoms with Crippen LogP contribution in [0.25, 0.3) is 0 Å². The molecular formula is C27H27FN2O2. The van der Waals surface area contributed by atoms with Gasteiger partial charge in [-0.15, -0.1) is 0 Å². The summed E-state index contributed by atoms with van der Waals surface area (Å²) in [6, 6.07) is 26.3. The fraction of sp³-hybridized carbons (Fsp3) is 0.296. The van der Waals surface area contributed by atoms with E-state index < -0.39 is 6.09 Å². The van der Waals surface area contributed by atoms with Crippen molar-refractivity contribution in [2.24, 2.45) is 17.8 Å². The molecule has 1 saturated carbocycles. The minimum atomic E-state index is -0.425. The van der Waals surface area contributed by atoms with E-state index in [2.05, 4.69) is 29.2 Å². The first-order valence-electron chi connectivity index (χ1n) is 11.2. The number of amides is 1. The average molecular weight is 431 g/mol. The van der Waals surface area contributed by atoms with E-state index in [1.54, 1.807) is 12.1 Å². The molecule has 4 nitrogen and oxygen atoms in total. The fourth-order valence-electron chi connectivity index (χ4n) is 4.87. The topological polar surface area (TPSA) is 32.8 Å². The molecule has 32 heavy (non-hydrogen) atoms. The third kappa shape index (κ3) is 4.68. The highest BCUT2D eigenvalue weighted by atomic mass is 19.1. The van der Waals surface area contributed by atoms with Crippen molar-refractivity contribution in [2.45, 2.75) is 13.1 Å². The Labute approximate surface area is 188 Å². The van der Waals surface area contributed by atoms with Gasteiger partial charge in [-0.3, -0.25) is 9.80 Å². The Kier molecular flexibility index (Phi) is 5.91. The van der Waals surface area contributed by atoms with E-state index in [-0.39, 0.29) is 5.82 Å². The normalized spacial score (nSPS) is 21.7. The first-order chi connectivity index (χ1) is 15.7. The molecule has 1 aliphatic heterocycles. The van der Waals surface area contributed by atoms with Crippen LogP contribution in [0.5, 0.6) is 0 Å². The van der Waals surface area contributed by atoms with Crippen molar-refractivity contribution in [1.29, 1.82) is 0 Å². The number of likely N-dealkylation sites (tertiary alicyclic amines) is 1. The summed E-state index contributed by atoms with van der Waals surface area (Å²) in [6.45, 7) is 3.85. The van der Waals surface area contributed by atoms with Crippen molar-refractivity contribution in [3.63, 3.8) is 0 Å². The Bertz CT molecular complexity index is 1050. The maximum Gasteiger partial charge on any atom is 0.414 e. The molecule has 0 spiro atoms. The van der Waals surface area contributed by atoms with Crippen LogP contribution >= 0.6 is 0 Å². The quantitative estimate of drug-likeness (QED) is 0.507. The molecule has 1 heterocycles. The second-order valence-electron chi connectivity index (χ2n) is 8.80. The molecule has 0 N–H and O–H groups in total. The average Bonchev–Trinajstić information content (AvgIpc) is 3.27. The van der Waals surface area contributed by atoms with E-state index in [9.17, 15) is 9.18 Å². The largest absolute Gasteiger partial charge is 0.449 e. The number of carbonyl (C=O) groups excluding carboxylic acids is 1. The zero-order chi connectivity index (χ0) is 21.9. The van der Waals surface area contributed by atoms with Crippen molar-refractivity contribution in [2.75, 3.05) is 24.6 Å². The SMILES string of the molecule is O=C(OCC1C2CN(Cc3ccccc3)CC12)N(Cc1ccccc1)c1cccc(F)c1. The van der Waals surface area contributed by atoms with Crippen LogP contribution in [0.2, 0.25) is 0 Å². The maximum atomic E-state index is 13.8. The first kappa shape index (κ1) is 20.7. The van der Waals surface area contributed by atoms with Crippen molar-refractivity contribution in [1.82, 2.24) is 4.90 Å². The van der Waals surface area contributed by atoms with E-state index in [0.717, 1.165) is 25.2 Å². The van der Waals surface area contributed by atoms with Crippen LogP contribution in [0.3, 0.4) is 0 Å². The van der Waals surface area contributed by atoms with Gasteiger partial charge in [-0.25, -0.2) is 9.18 Å². The van der Waals surface area contributed by atoms with E-state index >= 15 is 0 Å². The number of nitrogens with zero attached hydrogens (tertiary/aromatic N) is 2. The molecule has 3 aromatic rings. The van der Waals surface area contributed by atoms with Crippen LogP contribution < -0.4 is 4.90 Å². The van der Waals surface area contributed by atoms with E-state index in [1.807, 2.05) is 36.4 Å². The number of benzene rings is 3. The molecule has 164 valence electrons. The Morgan fingerprint density at radius 2 is 1.56 bits per heavy atom. The molecule has 1 amide bonds. The Morgan fingerprint density at radius 1 is 0.906 bits per heavy atom. The monoisotopic (exact) mass is 430 g/mol. The number of carbonyl (C=O) groups is 1. The second-order valence-corrected chi connectivity index (χ2v) is 8.80. The van der Waals surface area contributed by atoms with Crippen LogP contribution in [0.15, 0.2) is 84.9 Å². The van der Waals surface area contributed by atoms with Gasteiger partial charge in [0, 0.05) is 25.6 Å². The van der Waals surface area contributed by atoms with Crippen molar-refractivity contribution >= 4 is 11.8 Å². The highest BCUT2D eigenvalue weighted by molar-refractivity contribution is 5.87. The van der Waals surface area contributed by atoms with E-state index in [1.165, 1.54) is 22.6 Å². The summed E-state index contributed by atoms with van der Waals surface area (Å²) in [5, 5.41) is 0. The lowest BCUT2D eigenvalue weighted by atomic mass is 10.2. The smallest absolute Gasteiger partial charge is 0.414 e. The van der Waals surface area contributed by atoms with Gasteiger partial charge in [0.15, 0.2) is 0 Å². The molecule has 1 saturated heterocycles. The number of fused-ring (bicyclic) bond motifs is 1. The van der Waals surface area contributed by atoms with Crippen molar-refractivity contribution < 1.29 is 13.9 Å². The van der Waals surface area contributed by atoms with Gasteiger partial charge < -0.3 is 4.74 Å². The predicted molar refractivity (Wildman–Crippen MR) is 123 cm³/mol. The van der Waals surface area contributed by atoms with Gasteiger partial charge in [0.1, 0.15) is 5.82 Å². The van der Waals surface area contributed by atoms with Gasteiger partial charge in [-0.05, 0) is 41.2 Å². The number of ether oxygens (including phenoxy) is 1. The summed E-state index contributed by atoms with van der Waals surface area (Å²) in [7, 11) is 0. The Balaban J connectivity index is 1.17. The summed E-state index contributed by atoms with van der Waals surface area (Å²) in [6.07, 6.45) is -0.425. The number of hydrogen-bond acceptors (Lipinski definition) is 3. The van der Waals surface area contributed by atoms with Gasteiger partial charge in [0.2, 0.25) is 0 Å². The number of piperidine rings is 1. The van der Waals surface area contributed by atoms with Crippen LogP contribution in [0.1, 0.15) is 11.1 Å². The van der Waals surface area contributed by atoms with Gasteiger partial charge >= 0.3 is 6.09 Å². The summed E-state index contributed by atoms with van der Waals surface area (Å²) in [5.74, 6) is 1.26. The zero-order valence-electron chi connectivity index (χ0n) is 17.9. The van der Waals surface area contributed by atoms with Gasteiger partial charge in [0.25, 0.3) is 0 Å². The molecule has 0 aromatic heterocycles. The molecular weight excluding hydrogens is 403 g/mol. The van der Waals surface area contributed by atoms with E-state index in [4.69, 9.17) is 4.74 Å². The van der Waals surface area contributed by atoms with Gasteiger partial charge in [0.05, 0.1) is 18.8 Å².